The lowest BCUT2D eigenvalue weighted by Crippen LogP contribution is -2.27. The van der Waals surface area contributed by atoms with E-state index in [-0.39, 0.29) is 11.8 Å². The van der Waals surface area contributed by atoms with E-state index in [1.165, 1.54) is 0 Å². The maximum Gasteiger partial charge on any atom is 0.303 e. The van der Waals surface area contributed by atoms with Crippen LogP contribution in [-0.2, 0) is 4.79 Å². The summed E-state index contributed by atoms with van der Waals surface area (Å²) in [4.78, 5) is 10.3. The van der Waals surface area contributed by atoms with Gasteiger partial charge in [-0.3, -0.25) is 4.79 Å². The number of aliphatic hydroxyl groups is 1. The predicted octanol–water partition coefficient (Wildman–Crippen LogP) is 2.63. The van der Waals surface area contributed by atoms with E-state index in [2.05, 4.69) is 20.8 Å². The van der Waals surface area contributed by atoms with E-state index in [1.807, 2.05) is 6.92 Å². The minimum Gasteiger partial charge on any atom is -0.481 e. The van der Waals surface area contributed by atoms with Crippen molar-refractivity contribution in [3.05, 3.63) is 5.92 Å². The molecule has 0 saturated heterocycles. The van der Waals surface area contributed by atoms with Crippen molar-refractivity contribution in [1.82, 2.24) is 0 Å². The fourth-order valence-electron chi connectivity index (χ4n) is 1.33. The summed E-state index contributed by atoms with van der Waals surface area (Å²) in [5.74, 6) is 0.304. The minimum absolute atomic E-state index is 0.0201. The Hall–Kier alpha value is -0.570. The summed E-state index contributed by atoms with van der Waals surface area (Å²) < 4.78 is 0. The van der Waals surface area contributed by atoms with Gasteiger partial charge in [0.15, 0.2) is 0 Å². The van der Waals surface area contributed by atoms with E-state index in [9.17, 15) is 9.90 Å². The Morgan fingerprint density at radius 1 is 1.27 bits per heavy atom. The molecule has 2 N–H and O–H groups in total. The molecule has 89 valence electrons. The molecule has 15 heavy (non-hydrogen) atoms. The number of hydrogen-bond donors (Lipinski definition) is 2. The summed E-state index contributed by atoms with van der Waals surface area (Å²) in [5.41, 5.74) is 0.0201. The molecule has 0 aliphatic rings. The Balaban J connectivity index is 3.74. The van der Waals surface area contributed by atoms with Gasteiger partial charge in [-0.05, 0) is 18.3 Å². The van der Waals surface area contributed by atoms with Crippen LogP contribution in [-0.4, -0.2) is 22.3 Å². The van der Waals surface area contributed by atoms with Crippen molar-refractivity contribution in [2.75, 3.05) is 0 Å². The van der Waals surface area contributed by atoms with Gasteiger partial charge in [-0.15, -0.1) is 0 Å². The van der Waals surface area contributed by atoms with Crippen molar-refractivity contribution in [2.45, 2.75) is 59.5 Å². The molecule has 1 radical (unpaired) electrons. The predicted molar refractivity (Wildman–Crippen MR) is 60.5 cm³/mol. The van der Waals surface area contributed by atoms with Crippen molar-refractivity contribution in [3.8, 4) is 0 Å². The van der Waals surface area contributed by atoms with Crippen molar-refractivity contribution in [3.63, 3.8) is 0 Å². The molecule has 0 aromatic heterocycles. The molecule has 0 heterocycles. The second kappa shape index (κ2) is 6.11. The molecule has 0 saturated carbocycles. The third-order valence-electron chi connectivity index (χ3n) is 2.80. The average Bonchev–Trinajstić information content (AvgIpc) is 2.09. The number of rotatable bonds is 6. The third kappa shape index (κ3) is 6.50. The summed E-state index contributed by atoms with van der Waals surface area (Å²) in [6, 6.07) is 0. The number of carboxylic acid groups (broad SMARTS) is 1. The van der Waals surface area contributed by atoms with E-state index in [0.717, 1.165) is 12.3 Å². The zero-order valence-corrected chi connectivity index (χ0v) is 10.2. The summed E-state index contributed by atoms with van der Waals surface area (Å²) in [6.07, 6.45) is 1.86. The van der Waals surface area contributed by atoms with Crippen molar-refractivity contribution >= 4 is 5.97 Å². The van der Waals surface area contributed by atoms with Gasteiger partial charge in [0.05, 0.1) is 6.10 Å². The molecule has 0 rings (SSSR count). The molecular weight excluding hydrogens is 192 g/mol. The first-order valence-corrected chi connectivity index (χ1v) is 5.49. The lowest BCUT2D eigenvalue weighted by molar-refractivity contribution is -0.137. The summed E-state index contributed by atoms with van der Waals surface area (Å²) in [7, 11) is 0. The molecule has 0 amide bonds. The number of unbranched alkanes of at least 4 members (excludes halogenated alkanes) is 1. The summed E-state index contributed by atoms with van der Waals surface area (Å²) in [5, 5.41) is 18.3. The highest BCUT2D eigenvalue weighted by molar-refractivity contribution is 5.66. The van der Waals surface area contributed by atoms with Crippen LogP contribution in [0.25, 0.3) is 0 Å². The molecule has 1 atom stereocenters. The van der Waals surface area contributed by atoms with Crippen LogP contribution >= 0.6 is 0 Å². The molecule has 1 unspecified atom stereocenters. The van der Waals surface area contributed by atoms with Crippen LogP contribution in [0.5, 0.6) is 0 Å². The fourth-order valence-corrected chi connectivity index (χ4v) is 1.33. The summed E-state index contributed by atoms with van der Waals surface area (Å²) >= 11 is 0. The average molecular weight is 215 g/mol. The zero-order valence-electron chi connectivity index (χ0n) is 10.2. The number of aliphatic hydroxyl groups excluding tert-OH is 1. The normalized spacial score (nSPS) is 14.3. The zero-order chi connectivity index (χ0) is 12.1. The van der Waals surface area contributed by atoms with Crippen molar-refractivity contribution in [2.24, 2.45) is 5.41 Å². The van der Waals surface area contributed by atoms with Gasteiger partial charge in [0.1, 0.15) is 0 Å². The Morgan fingerprint density at radius 3 is 2.20 bits per heavy atom. The van der Waals surface area contributed by atoms with Crippen molar-refractivity contribution in [1.29, 1.82) is 0 Å². The van der Waals surface area contributed by atoms with E-state index in [0.29, 0.717) is 12.8 Å². The Labute approximate surface area is 92.5 Å². The maximum atomic E-state index is 10.3. The van der Waals surface area contributed by atoms with E-state index >= 15 is 0 Å². The number of carbonyl (C=O) groups is 1. The molecule has 3 heteroatoms. The van der Waals surface area contributed by atoms with E-state index < -0.39 is 12.1 Å². The van der Waals surface area contributed by atoms with Gasteiger partial charge in [-0.2, -0.15) is 0 Å². The maximum absolute atomic E-state index is 10.3. The quantitative estimate of drug-likeness (QED) is 0.670. The van der Waals surface area contributed by atoms with E-state index in [1.54, 1.807) is 0 Å². The van der Waals surface area contributed by atoms with Crippen molar-refractivity contribution < 1.29 is 15.0 Å². The molecule has 0 aliphatic heterocycles. The highest BCUT2D eigenvalue weighted by Gasteiger charge is 2.26. The molecule has 0 aromatic rings. The van der Waals surface area contributed by atoms with Gasteiger partial charge in [-0.25, -0.2) is 0 Å². The SMILES string of the molecule is C[C](C(O)CCCCC(=O)O)C(C)(C)C. The molecule has 0 bridgehead atoms. The minimum atomic E-state index is -0.763. The van der Waals surface area contributed by atoms with Crippen LogP contribution in [0, 0.1) is 11.3 Å². The van der Waals surface area contributed by atoms with Crippen LogP contribution in [0.1, 0.15) is 53.4 Å². The van der Waals surface area contributed by atoms with Crippen LogP contribution in [0.3, 0.4) is 0 Å². The monoisotopic (exact) mass is 215 g/mol. The van der Waals surface area contributed by atoms with E-state index in [4.69, 9.17) is 5.11 Å². The summed E-state index contributed by atoms with van der Waals surface area (Å²) in [6.45, 7) is 8.18. The highest BCUT2D eigenvalue weighted by Crippen LogP contribution is 2.31. The number of aliphatic carboxylic acids is 1. The van der Waals surface area contributed by atoms with Crippen LogP contribution in [0.15, 0.2) is 0 Å². The molecular formula is C12H23O3. The Kier molecular flexibility index (Phi) is 5.88. The number of carboxylic acids is 1. The fraction of sp³-hybridized carbons (Fsp3) is 0.833. The topological polar surface area (TPSA) is 57.5 Å². The highest BCUT2D eigenvalue weighted by atomic mass is 16.4. The first kappa shape index (κ1) is 14.4. The molecule has 0 spiro atoms. The van der Waals surface area contributed by atoms with Gasteiger partial charge in [0.25, 0.3) is 0 Å². The van der Waals surface area contributed by atoms with Gasteiger partial charge in [0.2, 0.25) is 0 Å². The number of hydrogen-bond acceptors (Lipinski definition) is 2. The van der Waals surface area contributed by atoms with Gasteiger partial charge < -0.3 is 10.2 Å². The smallest absolute Gasteiger partial charge is 0.303 e. The Morgan fingerprint density at radius 2 is 1.80 bits per heavy atom. The van der Waals surface area contributed by atoms with Crippen LogP contribution in [0.4, 0.5) is 0 Å². The molecule has 0 fully saturated rings. The van der Waals surface area contributed by atoms with Gasteiger partial charge in [-0.1, -0.05) is 34.1 Å². The lowest BCUT2D eigenvalue weighted by atomic mass is 9.77. The second-order valence-electron chi connectivity index (χ2n) is 5.09. The first-order chi connectivity index (χ1) is 6.75. The molecule has 0 aromatic carbocycles. The molecule has 3 nitrogen and oxygen atoms in total. The van der Waals surface area contributed by atoms with Gasteiger partial charge in [0, 0.05) is 12.3 Å². The lowest BCUT2D eigenvalue weighted by Gasteiger charge is -2.30. The molecule has 0 aliphatic carbocycles. The standard InChI is InChI=1S/C12H23O3/c1-9(12(2,3)4)10(13)7-5-6-8-11(14)15/h10,13H,5-8H2,1-4H3,(H,14,15). The second-order valence-corrected chi connectivity index (χ2v) is 5.09. The largest absolute Gasteiger partial charge is 0.481 e. The van der Waals surface area contributed by atoms with Gasteiger partial charge >= 0.3 is 5.97 Å². The van der Waals surface area contributed by atoms with Crippen LogP contribution in [0.2, 0.25) is 0 Å². The third-order valence-corrected chi connectivity index (χ3v) is 2.80. The van der Waals surface area contributed by atoms with Crippen LogP contribution < -0.4 is 0 Å². The Bertz CT molecular complexity index is 194. The first-order valence-electron chi connectivity index (χ1n) is 5.49.